The minimum Gasteiger partial charge on any atom is -0.456 e. The molecule has 0 atom stereocenters. The zero-order valence-corrected chi connectivity index (χ0v) is 8.69. The zero-order valence-electron chi connectivity index (χ0n) is 7.93. The molecule has 0 spiro atoms. The molecule has 0 amide bonds. The van der Waals surface area contributed by atoms with Crippen LogP contribution in [-0.2, 0) is 5.88 Å². The molecule has 0 aliphatic carbocycles. The fourth-order valence-corrected chi connectivity index (χ4v) is 1.28. The average Bonchev–Trinajstić information content (AvgIpc) is 2.31. The number of nitrogens with zero attached hydrogens (tertiary/aromatic N) is 2. The summed E-state index contributed by atoms with van der Waals surface area (Å²) < 4.78 is 5.56. The van der Waals surface area contributed by atoms with E-state index in [1.807, 2.05) is 12.1 Å². The Balaban J connectivity index is 2.17. The van der Waals surface area contributed by atoms with Gasteiger partial charge in [-0.1, -0.05) is 0 Å². The van der Waals surface area contributed by atoms with Crippen LogP contribution >= 0.6 is 11.6 Å². The summed E-state index contributed by atoms with van der Waals surface area (Å²) in [7, 11) is 0. The number of hydrogen-bond donors (Lipinski definition) is 0. The molecular weight excluding hydrogens is 212 g/mol. The van der Waals surface area contributed by atoms with E-state index in [0.717, 1.165) is 5.69 Å². The van der Waals surface area contributed by atoms with Crippen molar-refractivity contribution in [2.45, 2.75) is 5.88 Å². The van der Waals surface area contributed by atoms with Crippen LogP contribution < -0.4 is 4.74 Å². The molecule has 0 aliphatic heterocycles. The highest BCUT2D eigenvalue weighted by Crippen LogP contribution is 2.20. The van der Waals surface area contributed by atoms with Crippen LogP contribution in [0.15, 0.2) is 42.9 Å². The maximum atomic E-state index is 5.67. The molecule has 0 saturated heterocycles. The van der Waals surface area contributed by atoms with Crippen molar-refractivity contribution in [3.8, 4) is 11.5 Å². The van der Waals surface area contributed by atoms with Crippen molar-refractivity contribution in [2.75, 3.05) is 0 Å². The number of halogens is 1. The van der Waals surface area contributed by atoms with Crippen LogP contribution in [0.2, 0.25) is 0 Å². The van der Waals surface area contributed by atoms with Gasteiger partial charge in [0, 0.05) is 18.5 Å². The topological polar surface area (TPSA) is 35.0 Å². The maximum absolute atomic E-state index is 5.67. The second-order valence-corrected chi connectivity index (χ2v) is 3.17. The molecule has 0 saturated carbocycles. The summed E-state index contributed by atoms with van der Waals surface area (Å²) in [6.45, 7) is 0. The van der Waals surface area contributed by atoms with Crippen molar-refractivity contribution in [1.29, 1.82) is 0 Å². The first-order chi connectivity index (χ1) is 7.38. The Morgan fingerprint density at radius 2 is 2.13 bits per heavy atom. The van der Waals surface area contributed by atoms with Crippen molar-refractivity contribution in [3.63, 3.8) is 0 Å². The van der Waals surface area contributed by atoms with Gasteiger partial charge in [0.15, 0.2) is 0 Å². The highest BCUT2D eigenvalue weighted by Gasteiger charge is 1.98. The smallest absolute Gasteiger partial charge is 0.145 e. The van der Waals surface area contributed by atoms with Gasteiger partial charge in [0.05, 0.1) is 17.8 Å². The molecule has 76 valence electrons. The van der Waals surface area contributed by atoms with Crippen LogP contribution in [0.5, 0.6) is 11.5 Å². The predicted octanol–water partition coefficient (Wildman–Crippen LogP) is 3.01. The molecule has 4 heteroatoms. The summed E-state index contributed by atoms with van der Waals surface area (Å²) in [5, 5.41) is 0. The minimum absolute atomic E-state index is 0.379. The van der Waals surface area contributed by atoms with Crippen LogP contribution in [0.4, 0.5) is 0 Å². The molecule has 0 radical (unpaired) electrons. The monoisotopic (exact) mass is 220 g/mol. The molecule has 0 fully saturated rings. The SMILES string of the molecule is ClCc1cc(Oc2cccnc2)ccn1. The van der Waals surface area contributed by atoms with E-state index in [2.05, 4.69) is 9.97 Å². The molecule has 3 nitrogen and oxygen atoms in total. The van der Waals surface area contributed by atoms with E-state index in [1.54, 1.807) is 30.7 Å². The van der Waals surface area contributed by atoms with E-state index >= 15 is 0 Å². The Bertz CT molecular complexity index is 434. The summed E-state index contributed by atoms with van der Waals surface area (Å²) in [6.07, 6.45) is 5.02. The van der Waals surface area contributed by atoms with Crippen molar-refractivity contribution >= 4 is 11.6 Å². The molecule has 2 aromatic rings. The molecule has 0 aromatic carbocycles. The summed E-state index contributed by atoms with van der Waals surface area (Å²) >= 11 is 5.67. The normalized spacial score (nSPS) is 9.93. The second-order valence-electron chi connectivity index (χ2n) is 2.91. The lowest BCUT2D eigenvalue weighted by atomic mass is 10.3. The molecule has 0 bridgehead atoms. The fourth-order valence-electron chi connectivity index (χ4n) is 1.14. The first-order valence-electron chi connectivity index (χ1n) is 4.47. The third kappa shape index (κ3) is 2.67. The lowest BCUT2D eigenvalue weighted by Crippen LogP contribution is -1.88. The van der Waals surface area contributed by atoms with Crippen molar-refractivity contribution in [2.24, 2.45) is 0 Å². The molecule has 2 aromatic heterocycles. The Morgan fingerprint density at radius 3 is 2.87 bits per heavy atom. The van der Waals surface area contributed by atoms with E-state index in [9.17, 15) is 0 Å². The van der Waals surface area contributed by atoms with E-state index in [4.69, 9.17) is 16.3 Å². The van der Waals surface area contributed by atoms with Crippen molar-refractivity contribution in [1.82, 2.24) is 9.97 Å². The minimum atomic E-state index is 0.379. The van der Waals surface area contributed by atoms with Gasteiger partial charge in [0.2, 0.25) is 0 Å². The van der Waals surface area contributed by atoms with E-state index < -0.39 is 0 Å². The molecule has 0 unspecified atom stereocenters. The van der Waals surface area contributed by atoms with Crippen LogP contribution in [0.25, 0.3) is 0 Å². The third-order valence-corrected chi connectivity index (χ3v) is 2.07. The zero-order chi connectivity index (χ0) is 10.5. The summed E-state index contributed by atoms with van der Waals surface area (Å²) in [5.74, 6) is 1.79. The van der Waals surface area contributed by atoms with Crippen molar-refractivity contribution in [3.05, 3.63) is 48.5 Å². The first kappa shape index (κ1) is 9.93. The Kier molecular flexibility index (Phi) is 3.15. The molecule has 0 aliphatic rings. The Morgan fingerprint density at radius 1 is 1.20 bits per heavy atom. The van der Waals surface area contributed by atoms with Gasteiger partial charge in [0.25, 0.3) is 0 Å². The van der Waals surface area contributed by atoms with Crippen LogP contribution in [0.3, 0.4) is 0 Å². The number of ether oxygens (including phenoxy) is 1. The highest BCUT2D eigenvalue weighted by molar-refractivity contribution is 6.16. The lowest BCUT2D eigenvalue weighted by molar-refractivity contribution is 0.479. The van der Waals surface area contributed by atoms with E-state index in [1.165, 1.54) is 0 Å². The van der Waals surface area contributed by atoms with Crippen LogP contribution in [-0.4, -0.2) is 9.97 Å². The number of alkyl halides is 1. The maximum Gasteiger partial charge on any atom is 0.145 e. The van der Waals surface area contributed by atoms with Gasteiger partial charge >= 0.3 is 0 Å². The Labute approximate surface area is 92.7 Å². The van der Waals surface area contributed by atoms with Crippen LogP contribution in [0.1, 0.15) is 5.69 Å². The summed E-state index contributed by atoms with van der Waals surface area (Å²) in [6, 6.07) is 7.25. The standard InChI is InChI=1S/C11H9ClN2O/c12-7-9-6-10(3-5-14-9)15-11-2-1-4-13-8-11/h1-6,8H,7H2. The number of rotatable bonds is 3. The van der Waals surface area contributed by atoms with Crippen molar-refractivity contribution < 1.29 is 4.74 Å². The molecule has 15 heavy (non-hydrogen) atoms. The number of hydrogen-bond acceptors (Lipinski definition) is 3. The van der Waals surface area contributed by atoms with Crippen LogP contribution in [0, 0.1) is 0 Å². The third-order valence-electron chi connectivity index (χ3n) is 1.80. The van der Waals surface area contributed by atoms with Gasteiger partial charge in [-0.2, -0.15) is 0 Å². The largest absolute Gasteiger partial charge is 0.456 e. The first-order valence-corrected chi connectivity index (χ1v) is 5.01. The molecule has 0 N–H and O–H groups in total. The summed E-state index contributed by atoms with van der Waals surface area (Å²) in [5.41, 5.74) is 0.790. The molecular formula is C11H9ClN2O. The molecule has 2 rings (SSSR count). The van der Waals surface area contributed by atoms with Gasteiger partial charge < -0.3 is 4.74 Å². The van der Waals surface area contributed by atoms with Gasteiger partial charge in [0.1, 0.15) is 11.5 Å². The highest BCUT2D eigenvalue weighted by atomic mass is 35.5. The van der Waals surface area contributed by atoms with E-state index in [-0.39, 0.29) is 0 Å². The van der Waals surface area contributed by atoms with Gasteiger partial charge in [-0.15, -0.1) is 11.6 Å². The quantitative estimate of drug-likeness (QED) is 0.746. The van der Waals surface area contributed by atoms with Gasteiger partial charge in [-0.05, 0) is 18.2 Å². The molecule has 2 heterocycles. The van der Waals surface area contributed by atoms with E-state index in [0.29, 0.717) is 17.4 Å². The lowest BCUT2D eigenvalue weighted by Gasteiger charge is -2.05. The average molecular weight is 221 g/mol. The predicted molar refractivity (Wildman–Crippen MR) is 58.1 cm³/mol. The van der Waals surface area contributed by atoms with Gasteiger partial charge in [-0.3, -0.25) is 9.97 Å². The Hall–Kier alpha value is -1.61. The second kappa shape index (κ2) is 4.75. The number of pyridine rings is 2. The summed E-state index contributed by atoms with van der Waals surface area (Å²) in [4.78, 5) is 8.03. The fraction of sp³-hybridized carbons (Fsp3) is 0.0909. The van der Waals surface area contributed by atoms with Gasteiger partial charge in [-0.25, -0.2) is 0 Å². The number of aromatic nitrogens is 2.